The van der Waals surface area contributed by atoms with E-state index < -0.39 is 5.82 Å². The molecule has 5 heteroatoms. The van der Waals surface area contributed by atoms with Crippen LogP contribution in [0, 0.1) is 5.82 Å². The fourth-order valence-electron chi connectivity index (χ4n) is 2.21. The summed E-state index contributed by atoms with van der Waals surface area (Å²) in [6, 6.07) is 4.32. The van der Waals surface area contributed by atoms with Crippen LogP contribution in [0.3, 0.4) is 0 Å². The number of rotatable bonds is 4. The second-order valence-electron chi connectivity index (χ2n) is 4.62. The number of para-hydroxylation sites is 1. The highest BCUT2D eigenvalue weighted by Crippen LogP contribution is 2.22. The van der Waals surface area contributed by atoms with Crippen molar-refractivity contribution in [2.45, 2.75) is 25.9 Å². The van der Waals surface area contributed by atoms with E-state index in [1.165, 1.54) is 12.1 Å². The zero-order valence-corrected chi connectivity index (χ0v) is 10.8. The molecule has 0 aromatic heterocycles. The van der Waals surface area contributed by atoms with Crippen molar-refractivity contribution in [3.8, 4) is 5.75 Å². The Morgan fingerprint density at radius 2 is 2.05 bits per heavy atom. The lowest BCUT2D eigenvalue weighted by Gasteiger charge is -2.26. The summed E-state index contributed by atoms with van der Waals surface area (Å²) in [6.07, 6.45) is 3.16. The molecule has 104 valence electrons. The van der Waals surface area contributed by atoms with Gasteiger partial charge in [-0.05, 0) is 25.3 Å². The number of carbonyl (C=O) groups excluding carboxylic acids is 1. The van der Waals surface area contributed by atoms with Crippen LogP contribution in [-0.4, -0.2) is 35.6 Å². The highest BCUT2D eigenvalue weighted by Gasteiger charge is 2.18. The minimum atomic E-state index is -0.557. The zero-order valence-electron chi connectivity index (χ0n) is 10.8. The van der Waals surface area contributed by atoms with E-state index in [1.807, 2.05) is 0 Å². The maximum Gasteiger partial charge on any atom is 0.260 e. The number of nitrogens with zero attached hydrogens (tertiary/aromatic N) is 1. The van der Waals surface area contributed by atoms with Gasteiger partial charge in [0.15, 0.2) is 18.2 Å². The van der Waals surface area contributed by atoms with Crippen molar-refractivity contribution in [2.75, 3.05) is 19.7 Å². The first-order valence-electron chi connectivity index (χ1n) is 6.51. The molecule has 0 unspecified atom stereocenters. The number of aliphatic hydroxyl groups is 1. The number of hydrogen-bond acceptors (Lipinski definition) is 3. The fourth-order valence-corrected chi connectivity index (χ4v) is 2.21. The Morgan fingerprint density at radius 3 is 2.74 bits per heavy atom. The summed E-state index contributed by atoms with van der Waals surface area (Å²) in [5.41, 5.74) is 0.353. The van der Waals surface area contributed by atoms with Gasteiger partial charge in [-0.25, -0.2) is 4.39 Å². The standard InChI is InChI=1S/C14H18FNO3/c15-12-6-4-5-11(9-17)14(12)19-10-13(18)16-7-2-1-3-8-16/h4-6,17H,1-3,7-10H2. The summed E-state index contributed by atoms with van der Waals surface area (Å²) in [5, 5.41) is 9.11. The van der Waals surface area contributed by atoms with Crippen molar-refractivity contribution < 1.29 is 19.0 Å². The second-order valence-corrected chi connectivity index (χ2v) is 4.62. The van der Waals surface area contributed by atoms with Crippen molar-refractivity contribution >= 4 is 5.91 Å². The predicted molar refractivity (Wildman–Crippen MR) is 68.2 cm³/mol. The lowest BCUT2D eigenvalue weighted by Crippen LogP contribution is -2.38. The van der Waals surface area contributed by atoms with Crippen molar-refractivity contribution in [3.05, 3.63) is 29.6 Å². The van der Waals surface area contributed by atoms with Crippen LogP contribution >= 0.6 is 0 Å². The molecule has 0 bridgehead atoms. The predicted octanol–water partition coefficient (Wildman–Crippen LogP) is 1.71. The van der Waals surface area contributed by atoms with Crippen molar-refractivity contribution in [1.29, 1.82) is 0 Å². The lowest BCUT2D eigenvalue weighted by molar-refractivity contribution is -0.134. The maximum absolute atomic E-state index is 13.6. The maximum atomic E-state index is 13.6. The molecule has 1 amide bonds. The number of halogens is 1. The summed E-state index contributed by atoms with van der Waals surface area (Å²) in [6.45, 7) is 0.984. The molecule has 0 atom stereocenters. The minimum absolute atomic E-state index is 0.0321. The van der Waals surface area contributed by atoms with Crippen LogP contribution in [0.4, 0.5) is 4.39 Å². The Bertz CT molecular complexity index is 444. The molecular formula is C14H18FNO3. The van der Waals surface area contributed by atoms with Crippen LogP contribution < -0.4 is 4.74 Å². The van der Waals surface area contributed by atoms with Gasteiger partial charge >= 0.3 is 0 Å². The van der Waals surface area contributed by atoms with Gasteiger partial charge in [0.05, 0.1) is 6.61 Å². The monoisotopic (exact) mass is 267 g/mol. The second kappa shape index (κ2) is 6.52. The number of benzene rings is 1. The van der Waals surface area contributed by atoms with E-state index >= 15 is 0 Å². The molecular weight excluding hydrogens is 249 g/mol. The van der Waals surface area contributed by atoms with Gasteiger partial charge in [-0.1, -0.05) is 12.1 Å². The molecule has 0 spiro atoms. The van der Waals surface area contributed by atoms with Gasteiger partial charge in [0.25, 0.3) is 5.91 Å². The quantitative estimate of drug-likeness (QED) is 0.903. The van der Waals surface area contributed by atoms with E-state index in [9.17, 15) is 9.18 Å². The summed E-state index contributed by atoms with van der Waals surface area (Å²) < 4.78 is 18.8. The zero-order chi connectivity index (χ0) is 13.7. The smallest absolute Gasteiger partial charge is 0.260 e. The third-order valence-electron chi connectivity index (χ3n) is 3.27. The largest absolute Gasteiger partial charge is 0.480 e. The third kappa shape index (κ3) is 3.44. The van der Waals surface area contributed by atoms with E-state index in [0.29, 0.717) is 5.56 Å². The minimum Gasteiger partial charge on any atom is -0.480 e. The molecule has 4 nitrogen and oxygen atoms in total. The lowest BCUT2D eigenvalue weighted by atomic mass is 10.1. The first kappa shape index (κ1) is 13.8. The molecule has 1 aliphatic heterocycles. The van der Waals surface area contributed by atoms with Gasteiger partial charge in [-0.2, -0.15) is 0 Å². The summed E-state index contributed by atoms with van der Waals surface area (Å²) >= 11 is 0. The van der Waals surface area contributed by atoms with Gasteiger partial charge in [0.2, 0.25) is 0 Å². The Labute approximate surface area is 111 Å². The highest BCUT2D eigenvalue weighted by atomic mass is 19.1. The van der Waals surface area contributed by atoms with Gasteiger partial charge < -0.3 is 14.7 Å². The molecule has 2 rings (SSSR count). The van der Waals surface area contributed by atoms with Gasteiger partial charge in [-0.15, -0.1) is 0 Å². The average Bonchev–Trinajstić information content (AvgIpc) is 2.46. The number of carbonyl (C=O) groups is 1. The van der Waals surface area contributed by atoms with E-state index in [2.05, 4.69) is 0 Å². The molecule has 1 aromatic rings. The molecule has 1 heterocycles. The SMILES string of the molecule is O=C(COc1c(F)cccc1CO)N1CCCCC1. The normalized spacial score (nSPS) is 15.4. The molecule has 19 heavy (non-hydrogen) atoms. The number of aliphatic hydroxyl groups excluding tert-OH is 1. The van der Waals surface area contributed by atoms with Crippen molar-refractivity contribution in [3.63, 3.8) is 0 Å². The Balaban J connectivity index is 1.96. The molecule has 0 saturated carbocycles. The molecule has 1 aromatic carbocycles. The molecule has 0 aliphatic carbocycles. The summed E-state index contributed by atoms with van der Waals surface area (Å²) in [5.74, 6) is -0.722. The van der Waals surface area contributed by atoms with E-state index in [4.69, 9.17) is 9.84 Å². The van der Waals surface area contributed by atoms with Crippen molar-refractivity contribution in [1.82, 2.24) is 4.90 Å². The number of amides is 1. The van der Waals surface area contributed by atoms with E-state index in [0.717, 1.165) is 32.4 Å². The molecule has 0 radical (unpaired) electrons. The first-order valence-corrected chi connectivity index (χ1v) is 6.51. The molecule has 1 N–H and O–H groups in total. The molecule has 1 saturated heterocycles. The van der Waals surface area contributed by atoms with Crippen LogP contribution in [-0.2, 0) is 11.4 Å². The molecule has 1 aliphatic rings. The van der Waals surface area contributed by atoms with E-state index in [-0.39, 0.29) is 24.9 Å². The Morgan fingerprint density at radius 1 is 1.32 bits per heavy atom. The van der Waals surface area contributed by atoms with Gasteiger partial charge in [-0.3, -0.25) is 4.79 Å². The summed E-state index contributed by atoms with van der Waals surface area (Å²) in [4.78, 5) is 13.6. The van der Waals surface area contributed by atoms with Crippen LogP contribution in [0.5, 0.6) is 5.75 Å². The average molecular weight is 267 g/mol. The first-order chi connectivity index (χ1) is 9.22. The number of piperidine rings is 1. The Hall–Kier alpha value is -1.62. The van der Waals surface area contributed by atoms with Gasteiger partial charge in [0.1, 0.15) is 0 Å². The summed E-state index contributed by atoms with van der Waals surface area (Å²) in [7, 11) is 0. The van der Waals surface area contributed by atoms with Crippen LogP contribution in [0.1, 0.15) is 24.8 Å². The highest BCUT2D eigenvalue weighted by molar-refractivity contribution is 5.77. The number of hydrogen-bond donors (Lipinski definition) is 1. The van der Waals surface area contributed by atoms with Crippen LogP contribution in [0.15, 0.2) is 18.2 Å². The topological polar surface area (TPSA) is 49.8 Å². The molecule has 1 fully saturated rings. The van der Waals surface area contributed by atoms with Gasteiger partial charge in [0, 0.05) is 18.7 Å². The third-order valence-corrected chi connectivity index (χ3v) is 3.27. The van der Waals surface area contributed by atoms with Crippen LogP contribution in [0.25, 0.3) is 0 Å². The van der Waals surface area contributed by atoms with Crippen molar-refractivity contribution in [2.24, 2.45) is 0 Å². The Kier molecular flexibility index (Phi) is 4.74. The fraction of sp³-hybridized carbons (Fsp3) is 0.500. The van der Waals surface area contributed by atoms with E-state index in [1.54, 1.807) is 11.0 Å². The van der Waals surface area contributed by atoms with Crippen LogP contribution in [0.2, 0.25) is 0 Å². The number of ether oxygens (including phenoxy) is 1. The number of likely N-dealkylation sites (tertiary alicyclic amines) is 1.